The molecule has 0 aliphatic heterocycles. The standard InChI is InChI=1S/C21H17Br2N3O5S/c1-31-19-8-3-2-7-18(19)26-32(29,30)16-6-4-5-13(10-16)21(28)25-24-12-14-9-15(22)11-17(23)20(14)27/h2-12,26-27H,1H3,(H,25,28). The maximum absolute atomic E-state index is 12.8. The van der Waals surface area contributed by atoms with Gasteiger partial charge in [-0.2, -0.15) is 5.10 Å². The van der Waals surface area contributed by atoms with E-state index in [0.717, 1.165) is 0 Å². The van der Waals surface area contributed by atoms with Crippen LogP contribution in [0.3, 0.4) is 0 Å². The van der Waals surface area contributed by atoms with Crippen LogP contribution in [0.1, 0.15) is 15.9 Å². The molecular weight excluding hydrogens is 566 g/mol. The topological polar surface area (TPSA) is 117 Å². The van der Waals surface area contributed by atoms with E-state index in [1.54, 1.807) is 36.4 Å². The number of ether oxygens (including phenoxy) is 1. The summed E-state index contributed by atoms with van der Waals surface area (Å²) in [5, 5.41) is 13.9. The summed E-state index contributed by atoms with van der Waals surface area (Å²) in [6.45, 7) is 0. The van der Waals surface area contributed by atoms with Crippen molar-refractivity contribution in [3.05, 3.63) is 80.7 Å². The largest absolute Gasteiger partial charge is 0.506 e. The highest BCUT2D eigenvalue weighted by molar-refractivity contribution is 9.11. The average Bonchev–Trinajstić information content (AvgIpc) is 2.77. The summed E-state index contributed by atoms with van der Waals surface area (Å²) < 4.78 is 34.3. The number of aromatic hydroxyl groups is 1. The van der Waals surface area contributed by atoms with Crippen molar-refractivity contribution in [2.24, 2.45) is 5.10 Å². The molecule has 166 valence electrons. The summed E-state index contributed by atoms with van der Waals surface area (Å²) >= 11 is 6.52. The number of benzene rings is 3. The molecule has 0 aliphatic carbocycles. The zero-order valence-electron chi connectivity index (χ0n) is 16.5. The fraction of sp³-hybridized carbons (Fsp3) is 0.0476. The van der Waals surface area contributed by atoms with Crippen LogP contribution in [0.5, 0.6) is 11.5 Å². The fourth-order valence-corrected chi connectivity index (χ4v) is 5.02. The molecule has 0 spiro atoms. The van der Waals surface area contributed by atoms with Gasteiger partial charge in [0.25, 0.3) is 15.9 Å². The number of nitrogens with zero attached hydrogens (tertiary/aromatic N) is 1. The molecule has 3 rings (SSSR count). The van der Waals surface area contributed by atoms with E-state index in [9.17, 15) is 18.3 Å². The lowest BCUT2D eigenvalue weighted by Gasteiger charge is -2.12. The Hall–Kier alpha value is -2.89. The number of phenolic OH excluding ortho intramolecular Hbond substituents is 1. The molecule has 0 saturated heterocycles. The van der Waals surface area contributed by atoms with E-state index < -0.39 is 15.9 Å². The highest BCUT2D eigenvalue weighted by atomic mass is 79.9. The van der Waals surface area contributed by atoms with Crippen molar-refractivity contribution in [2.45, 2.75) is 4.90 Å². The Balaban J connectivity index is 1.77. The van der Waals surface area contributed by atoms with Crippen molar-refractivity contribution < 1.29 is 23.1 Å². The van der Waals surface area contributed by atoms with Crippen LogP contribution >= 0.6 is 31.9 Å². The van der Waals surface area contributed by atoms with Gasteiger partial charge in [-0.1, -0.05) is 34.1 Å². The number of amides is 1. The molecule has 0 heterocycles. The molecule has 0 aromatic heterocycles. The Morgan fingerprint density at radius 2 is 1.84 bits per heavy atom. The fourth-order valence-electron chi connectivity index (χ4n) is 2.65. The monoisotopic (exact) mass is 581 g/mol. The molecule has 11 heteroatoms. The smallest absolute Gasteiger partial charge is 0.271 e. The van der Waals surface area contributed by atoms with Gasteiger partial charge in [-0.3, -0.25) is 9.52 Å². The predicted molar refractivity (Wildman–Crippen MR) is 129 cm³/mol. The van der Waals surface area contributed by atoms with Crippen molar-refractivity contribution >= 4 is 59.7 Å². The minimum Gasteiger partial charge on any atom is -0.506 e. The summed E-state index contributed by atoms with van der Waals surface area (Å²) in [5.41, 5.74) is 3.04. The molecular formula is C21H17Br2N3O5S. The number of hydrogen-bond acceptors (Lipinski definition) is 6. The van der Waals surface area contributed by atoms with Crippen LogP contribution in [0.25, 0.3) is 0 Å². The number of hydrazone groups is 1. The second kappa shape index (κ2) is 10.2. The third-order valence-corrected chi connectivity index (χ3v) is 6.61. The van der Waals surface area contributed by atoms with Crippen LogP contribution in [0.2, 0.25) is 0 Å². The maximum atomic E-state index is 12.8. The van der Waals surface area contributed by atoms with E-state index in [2.05, 4.69) is 47.1 Å². The van der Waals surface area contributed by atoms with Gasteiger partial charge in [0.15, 0.2) is 0 Å². The highest BCUT2D eigenvalue weighted by Crippen LogP contribution is 2.30. The number of methoxy groups -OCH3 is 1. The molecule has 3 N–H and O–H groups in total. The first-order chi connectivity index (χ1) is 15.2. The van der Waals surface area contributed by atoms with E-state index in [1.807, 2.05) is 0 Å². The number of carbonyl (C=O) groups is 1. The minimum absolute atomic E-state index is 0.0401. The Morgan fingerprint density at radius 3 is 2.59 bits per heavy atom. The molecule has 0 radical (unpaired) electrons. The third-order valence-electron chi connectivity index (χ3n) is 4.19. The maximum Gasteiger partial charge on any atom is 0.271 e. The van der Waals surface area contributed by atoms with Gasteiger partial charge >= 0.3 is 0 Å². The van der Waals surface area contributed by atoms with Gasteiger partial charge in [0.2, 0.25) is 0 Å². The second-order valence-electron chi connectivity index (χ2n) is 6.36. The number of rotatable bonds is 7. The molecule has 0 saturated carbocycles. The van der Waals surface area contributed by atoms with Gasteiger partial charge in [-0.25, -0.2) is 13.8 Å². The Labute approximate surface area is 201 Å². The number of para-hydroxylation sites is 2. The Morgan fingerprint density at radius 1 is 1.09 bits per heavy atom. The SMILES string of the molecule is COc1ccccc1NS(=O)(=O)c1cccc(C(=O)NN=Cc2cc(Br)cc(Br)c2O)c1. The average molecular weight is 583 g/mol. The van der Waals surface area contributed by atoms with E-state index >= 15 is 0 Å². The first kappa shape index (κ1) is 23.8. The van der Waals surface area contributed by atoms with Gasteiger partial charge in [0, 0.05) is 15.6 Å². The van der Waals surface area contributed by atoms with Crippen LogP contribution in [0.15, 0.2) is 79.6 Å². The van der Waals surface area contributed by atoms with Crippen molar-refractivity contribution in [1.29, 1.82) is 0 Å². The van der Waals surface area contributed by atoms with Crippen LogP contribution in [-0.2, 0) is 10.0 Å². The second-order valence-corrected chi connectivity index (χ2v) is 9.81. The number of nitrogens with one attached hydrogen (secondary N) is 2. The Kier molecular flexibility index (Phi) is 7.54. The lowest BCUT2D eigenvalue weighted by atomic mass is 10.2. The van der Waals surface area contributed by atoms with Gasteiger partial charge in [-0.15, -0.1) is 0 Å². The molecule has 0 fully saturated rings. The van der Waals surface area contributed by atoms with E-state index in [4.69, 9.17) is 4.74 Å². The van der Waals surface area contributed by atoms with Crippen molar-refractivity contribution in [3.63, 3.8) is 0 Å². The van der Waals surface area contributed by atoms with Crippen LogP contribution in [-0.4, -0.2) is 32.8 Å². The quantitative estimate of drug-likeness (QED) is 0.280. The van der Waals surface area contributed by atoms with Crippen LogP contribution < -0.4 is 14.9 Å². The molecule has 8 nitrogen and oxygen atoms in total. The first-order valence-corrected chi connectivity index (χ1v) is 12.1. The van der Waals surface area contributed by atoms with Gasteiger partial charge in [0.05, 0.1) is 28.4 Å². The molecule has 0 aliphatic rings. The molecule has 1 amide bonds. The lowest BCUT2D eigenvalue weighted by Crippen LogP contribution is -2.19. The summed E-state index contributed by atoms with van der Waals surface area (Å²) in [5.74, 6) is -0.299. The van der Waals surface area contributed by atoms with Gasteiger partial charge < -0.3 is 9.84 Å². The zero-order valence-corrected chi connectivity index (χ0v) is 20.5. The third kappa shape index (κ3) is 5.67. The van der Waals surface area contributed by atoms with Crippen molar-refractivity contribution in [1.82, 2.24) is 5.43 Å². The van der Waals surface area contributed by atoms with E-state index in [0.29, 0.717) is 20.3 Å². The molecule has 0 atom stereocenters. The highest BCUT2D eigenvalue weighted by Gasteiger charge is 2.18. The van der Waals surface area contributed by atoms with Crippen molar-refractivity contribution in [2.75, 3.05) is 11.8 Å². The van der Waals surface area contributed by atoms with Crippen molar-refractivity contribution in [3.8, 4) is 11.5 Å². The normalized spacial score (nSPS) is 11.3. The van der Waals surface area contributed by atoms with Crippen LogP contribution in [0.4, 0.5) is 5.69 Å². The number of halogens is 2. The summed E-state index contributed by atoms with van der Waals surface area (Å²) in [6.07, 6.45) is 1.27. The molecule has 0 bridgehead atoms. The van der Waals surface area contributed by atoms with Gasteiger partial charge in [-0.05, 0) is 58.4 Å². The lowest BCUT2D eigenvalue weighted by molar-refractivity contribution is 0.0955. The predicted octanol–water partition coefficient (Wildman–Crippen LogP) is 4.49. The first-order valence-electron chi connectivity index (χ1n) is 8.98. The molecule has 3 aromatic carbocycles. The van der Waals surface area contributed by atoms with E-state index in [-0.39, 0.29) is 21.9 Å². The Bertz CT molecular complexity index is 1300. The number of hydrogen-bond donors (Lipinski definition) is 3. The molecule has 32 heavy (non-hydrogen) atoms. The van der Waals surface area contributed by atoms with Gasteiger partial charge in [0.1, 0.15) is 11.5 Å². The molecule has 3 aromatic rings. The summed E-state index contributed by atoms with van der Waals surface area (Å²) in [4.78, 5) is 12.3. The number of anilines is 1. The summed E-state index contributed by atoms with van der Waals surface area (Å²) in [6, 6.07) is 15.4. The minimum atomic E-state index is -3.97. The number of sulfonamides is 1. The molecule has 0 unspecified atom stereocenters. The number of carbonyl (C=O) groups excluding carboxylic acids is 1. The summed E-state index contributed by atoms with van der Waals surface area (Å²) in [7, 11) is -2.54. The van der Waals surface area contributed by atoms with Crippen LogP contribution in [0, 0.1) is 0 Å². The number of phenols is 1. The zero-order chi connectivity index (χ0) is 23.3. The van der Waals surface area contributed by atoms with E-state index in [1.165, 1.54) is 37.6 Å².